The number of nitrogens with one attached hydrogen (secondary N) is 1. The van der Waals surface area contributed by atoms with Gasteiger partial charge >= 0.3 is 0 Å². The molecule has 1 aliphatic carbocycles. The number of hydrogen-bond donors (Lipinski definition) is 1. The molecule has 2 aliphatic rings. The van der Waals surface area contributed by atoms with Crippen molar-refractivity contribution in [3.05, 3.63) is 71.5 Å². The summed E-state index contributed by atoms with van der Waals surface area (Å²) in [4.78, 5) is 0. The molecule has 0 radical (unpaired) electrons. The van der Waals surface area contributed by atoms with Gasteiger partial charge in [-0.15, -0.1) is 0 Å². The molecule has 0 aromatic heterocycles. The normalized spacial score (nSPS) is 24.7. The monoisotopic (exact) mass is 329 g/mol. The Morgan fingerprint density at radius 2 is 2.08 bits per heavy atom. The van der Waals surface area contributed by atoms with Crippen molar-refractivity contribution in [3.8, 4) is 0 Å². The molecule has 0 saturated carbocycles. The molecule has 4 heteroatoms. The van der Waals surface area contributed by atoms with Crippen molar-refractivity contribution in [1.29, 1.82) is 0 Å². The first-order valence-corrected chi connectivity index (χ1v) is 8.61. The van der Waals surface area contributed by atoms with Gasteiger partial charge in [-0.05, 0) is 68.3 Å². The maximum absolute atomic E-state index is 13.2. The third kappa shape index (κ3) is 5.24. The second-order valence-electron chi connectivity index (χ2n) is 6.12. The van der Waals surface area contributed by atoms with E-state index in [2.05, 4.69) is 11.4 Å². The molecule has 1 saturated heterocycles. The highest BCUT2D eigenvalue weighted by Crippen LogP contribution is 2.20. The molecule has 0 spiro atoms. The molecule has 0 bridgehead atoms. The number of halogens is 1. The Bertz CT molecular complexity index is 630. The van der Waals surface area contributed by atoms with Crippen LogP contribution in [0.2, 0.25) is 0 Å². The van der Waals surface area contributed by atoms with Crippen LogP contribution < -0.4 is 5.32 Å². The molecule has 1 aromatic carbocycles. The predicted octanol–water partition coefficient (Wildman–Crippen LogP) is 4.23. The molecule has 0 amide bonds. The minimum absolute atomic E-state index is 0.235. The lowest BCUT2D eigenvalue weighted by atomic mass is 10.1. The van der Waals surface area contributed by atoms with Gasteiger partial charge in [0.05, 0.1) is 5.76 Å². The van der Waals surface area contributed by atoms with Crippen molar-refractivity contribution >= 4 is 0 Å². The van der Waals surface area contributed by atoms with Crippen LogP contribution in [0.5, 0.6) is 0 Å². The lowest BCUT2D eigenvalue weighted by molar-refractivity contribution is 0.0827. The number of benzene rings is 1. The lowest BCUT2D eigenvalue weighted by Crippen LogP contribution is -2.32. The topological polar surface area (TPSA) is 30.5 Å². The van der Waals surface area contributed by atoms with E-state index >= 15 is 0 Å². The van der Waals surface area contributed by atoms with Crippen LogP contribution in [0, 0.1) is 5.82 Å². The molecule has 1 fully saturated rings. The fourth-order valence-electron chi connectivity index (χ4n) is 2.88. The highest BCUT2D eigenvalue weighted by atomic mass is 19.1. The zero-order chi connectivity index (χ0) is 16.6. The Hall–Kier alpha value is -2.07. The van der Waals surface area contributed by atoms with Gasteiger partial charge in [-0.3, -0.25) is 0 Å². The molecule has 1 aromatic rings. The smallest absolute Gasteiger partial charge is 0.123 e. The highest BCUT2D eigenvalue weighted by molar-refractivity contribution is 5.22. The molecule has 128 valence electrons. The average Bonchev–Trinajstić information content (AvgIpc) is 2.57. The van der Waals surface area contributed by atoms with Gasteiger partial charge in [0, 0.05) is 6.42 Å². The predicted molar refractivity (Wildman–Crippen MR) is 92.7 cm³/mol. The summed E-state index contributed by atoms with van der Waals surface area (Å²) in [7, 11) is 0. The maximum atomic E-state index is 13.2. The van der Waals surface area contributed by atoms with Gasteiger partial charge in [0.2, 0.25) is 0 Å². The Balaban J connectivity index is 1.51. The van der Waals surface area contributed by atoms with Crippen LogP contribution in [0.1, 0.15) is 31.2 Å². The number of piperidine rings is 1. The molecular weight excluding hydrogens is 305 g/mol. The molecule has 0 unspecified atom stereocenters. The number of rotatable bonds is 5. The van der Waals surface area contributed by atoms with Crippen molar-refractivity contribution in [1.82, 2.24) is 5.32 Å². The van der Waals surface area contributed by atoms with Crippen molar-refractivity contribution in [2.45, 2.75) is 38.4 Å². The summed E-state index contributed by atoms with van der Waals surface area (Å²) in [6.07, 6.45) is 12.2. The summed E-state index contributed by atoms with van der Waals surface area (Å²) in [5.41, 5.74) is 0.830. The third-order valence-electron chi connectivity index (χ3n) is 4.18. The average molecular weight is 329 g/mol. The van der Waals surface area contributed by atoms with Crippen LogP contribution in [0.4, 0.5) is 4.39 Å². The number of ether oxygens (including phenoxy) is 2. The Morgan fingerprint density at radius 1 is 1.21 bits per heavy atom. The summed E-state index contributed by atoms with van der Waals surface area (Å²) in [5, 5.41) is 3.35. The zero-order valence-electron chi connectivity index (χ0n) is 13.8. The fourth-order valence-corrected chi connectivity index (χ4v) is 2.88. The summed E-state index contributed by atoms with van der Waals surface area (Å²) in [6.45, 7) is 2.44. The van der Waals surface area contributed by atoms with E-state index < -0.39 is 0 Å². The van der Waals surface area contributed by atoms with Crippen LogP contribution >= 0.6 is 0 Å². The largest absolute Gasteiger partial charge is 0.495 e. The molecule has 1 aliphatic heterocycles. The molecule has 3 rings (SSSR count). The van der Waals surface area contributed by atoms with Crippen LogP contribution in [0.25, 0.3) is 0 Å². The Labute approximate surface area is 142 Å². The van der Waals surface area contributed by atoms with Crippen LogP contribution in [-0.4, -0.2) is 19.2 Å². The molecule has 24 heavy (non-hydrogen) atoms. The minimum atomic E-state index is -0.235. The Morgan fingerprint density at radius 3 is 2.92 bits per heavy atom. The third-order valence-corrected chi connectivity index (χ3v) is 4.18. The summed E-state index contributed by atoms with van der Waals surface area (Å²) in [5.74, 6) is 1.62. The first-order valence-electron chi connectivity index (χ1n) is 8.61. The summed E-state index contributed by atoms with van der Waals surface area (Å²) < 4.78 is 25.1. The van der Waals surface area contributed by atoms with Crippen molar-refractivity contribution in [2.24, 2.45) is 0 Å². The summed E-state index contributed by atoms with van der Waals surface area (Å²) >= 11 is 0. The van der Waals surface area contributed by atoms with Gasteiger partial charge < -0.3 is 14.8 Å². The standard InChI is InChI=1S/C20H24FNO2/c21-17-5-1-4-16(14-17)15-23-18-6-2-8-19(9-3-7-18)24-20-10-12-22-13-11-20/h1-2,4-8,14,20,22H,3,9-13,15H2/b6-2-,18-7-,19-8-. The maximum Gasteiger partial charge on any atom is 0.123 e. The van der Waals surface area contributed by atoms with Gasteiger partial charge in [-0.2, -0.15) is 0 Å². The van der Waals surface area contributed by atoms with Crippen molar-refractivity contribution in [3.63, 3.8) is 0 Å². The van der Waals surface area contributed by atoms with Crippen molar-refractivity contribution in [2.75, 3.05) is 13.1 Å². The second kappa shape index (κ2) is 8.69. The first kappa shape index (κ1) is 16.8. The lowest BCUT2D eigenvalue weighted by Gasteiger charge is -2.25. The van der Waals surface area contributed by atoms with E-state index in [-0.39, 0.29) is 5.82 Å². The zero-order valence-corrected chi connectivity index (χ0v) is 13.8. The minimum Gasteiger partial charge on any atom is -0.495 e. The van der Waals surface area contributed by atoms with E-state index in [0.717, 1.165) is 55.9 Å². The van der Waals surface area contributed by atoms with E-state index in [1.54, 1.807) is 6.07 Å². The molecule has 1 N–H and O–H groups in total. The van der Waals surface area contributed by atoms with Gasteiger partial charge in [-0.25, -0.2) is 4.39 Å². The van der Waals surface area contributed by atoms with Crippen LogP contribution in [0.3, 0.4) is 0 Å². The van der Waals surface area contributed by atoms with Gasteiger partial charge in [0.25, 0.3) is 0 Å². The number of allylic oxidation sites excluding steroid dienone is 5. The number of hydrogen-bond acceptors (Lipinski definition) is 3. The van der Waals surface area contributed by atoms with Crippen molar-refractivity contribution < 1.29 is 13.9 Å². The van der Waals surface area contributed by atoms with E-state index in [4.69, 9.17) is 9.47 Å². The van der Waals surface area contributed by atoms with E-state index in [1.807, 2.05) is 24.3 Å². The highest BCUT2D eigenvalue weighted by Gasteiger charge is 2.15. The summed E-state index contributed by atoms with van der Waals surface area (Å²) in [6, 6.07) is 6.50. The van der Waals surface area contributed by atoms with Crippen LogP contribution in [-0.2, 0) is 16.1 Å². The SMILES string of the molecule is Fc1cccc(COC2=C\CC/C(OC3CCNCC3)=C/C=C\2)c1. The Kier molecular flexibility index (Phi) is 6.07. The molecular formula is C20H24FNO2. The fraction of sp³-hybridized carbons (Fsp3) is 0.400. The van der Waals surface area contributed by atoms with Crippen LogP contribution in [0.15, 0.2) is 60.1 Å². The van der Waals surface area contributed by atoms with E-state index in [0.29, 0.717) is 12.7 Å². The van der Waals surface area contributed by atoms with Gasteiger partial charge in [0.15, 0.2) is 0 Å². The van der Waals surface area contributed by atoms with E-state index in [9.17, 15) is 4.39 Å². The van der Waals surface area contributed by atoms with Gasteiger partial charge in [-0.1, -0.05) is 18.2 Å². The van der Waals surface area contributed by atoms with E-state index in [1.165, 1.54) is 12.1 Å². The van der Waals surface area contributed by atoms with Gasteiger partial charge in [0.1, 0.15) is 24.3 Å². The second-order valence-corrected chi connectivity index (χ2v) is 6.12. The quantitative estimate of drug-likeness (QED) is 0.877. The molecule has 0 atom stereocenters. The first-order chi connectivity index (χ1) is 11.8. The molecule has 1 heterocycles. The molecule has 3 nitrogen and oxygen atoms in total.